The highest BCUT2D eigenvalue weighted by atomic mass is 16.3. The van der Waals surface area contributed by atoms with Crippen molar-refractivity contribution in [3.05, 3.63) is 29.8 Å². The van der Waals surface area contributed by atoms with Gasteiger partial charge in [0.05, 0.1) is 17.6 Å². The Morgan fingerprint density at radius 1 is 1.30 bits per heavy atom. The Kier molecular flexibility index (Phi) is 7.55. The summed E-state index contributed by atoms with van der Waals surface area (Å²) in [6.45, 7) is 3.92. The van der Waals surface area contributed by atoms with Gasteiger partial charge in [0, 0.05) is 31.7 Å². The fourth-order valence-electron chi connectivity index (χ4n) is 5.85. The zero-order chi connectivity index (χ0) is 26.9. The van der Waals surface area contributed by atoms with E-state index < -0.39 is 47.7 Å². The van der Waals surface area contributed by atoms with E-state index in [9.17, 15) is 29.5 Å². The van der Waals surface area contributed by atoms with E-state index in [0.717, 1.165) is 5.56 Å². The van der Waals surface area contributed by atoms with Crippen molar-refractivity contribution in [3.8, 4) is 6.07 Å². The van der Waals surface area contributed by atoms with Crippen LogP contribution in [0, 0.1) is 17.2 Å². The molecule has 0 aromatic heterocycles. The molecular weight excluding hydrogens is 474 g/mol. The first-order chi connectivity index (χ1) is 17.6. The summed E-state index contributed by atoms with van der Waals surface area (Å²) in [5.74, 6) is -1.51. The first-order valence-electron chi connectivity index (χ1n) is 12.9. The lowest BCUT2D eigenvalue weighted by atomic mass is 9.80. The fraction of sp³-hybridized carbons (Fsp3) is 0.593. The van der Waals surface area contributed by atoms with Crippen molar-refractivity contribution in [2.75, 3.05) is 18.9 Å². The third-order valence-corrected chi connectivity index (χ3v) is 7.84. The maximum Gasteiger partial charge on any atom is 0.246 e. The van der Waals surface area contributed by atoms with Crippen molar-refractivity contribution in [1.29, 1.82) is 5.26 Å². The predicted molar refractivity (Wildman–Crippen MR) is 135 cm³/mol. The number of likely N-dealkylation sites (tertiary alicyclic amines) is 1. The number of carbonyl (C=O) groups is 4. The van der Waals surface area contributed by atoms with Gasteiger partial charge in [0.2, 0.25) is 23.6 Å². The second-order valence-electron chi connectivity index (χ2n) is 11.0. The van der Waals surface area contributed by atoms with Crippen LogP contribution >= 0.6 is 0 Å². The monoisotopic (exact) mass is 509 g/mol. The molecule has 5 atom stereocenters. The highest BCUT2D eigenvalue weighted by Gasteiger charge is 2.56. The molecule has 1 spiro atoms. The number of hydrogen-bond donors (Lipinski definition) is 3. The molecule has 1 saturated heterocycles. The van der Waals surface area contributed by atoms with Crippen LogP contribution < -0.4 is 10.6 Å². The topological polar surface area (TPSA) is 143 Å². The first-order valence-corrected chi connectivity index (χ1v) is 12.9. The number of nitriles is 1. The first kappa shape index (κ1) is 26.6. The number of anilines is 1. The van der Waals surface area contributed by atoms with Crippen LogP contribution in [0.25, 0.3) is 0 Å². The average Bonchev–Trinajstić information content (AvgIpc) is 3.52. The number of carbonyl (C=O) groups excluding carboxylic acids is 4. The standard InChI is InChI=1S/C27H35N5O5/c1-16(2)10-22(31(3)24(35)12-23(34)29-17-8-9-19(33)11-17)25(36)32-15-27(13-18(32)14-28)20-6-4-5-7-21(20)30-26(27)37/h4-7,16-19,22,33H,8-13,15H2,1-3H3,(H,29,34)(H,30,37)/t17-,18+,19-,22+,27+/m1/s1. The Hall–Kier alpha value is -3.45. The molecule has 1 saturated carbocycles. The van der Waals surface area contributed by atoms with Crippen molar-refractivity contribution < 1.29 is 24.3 Å². The van der Waals surface area contributed by atoms with E-state index in [2.05, 4.69) is 16.7 Å². The predicted octanol–water partition coefficient (Wildman–Crippen LogP) is 1.29. The number of nitrogens with zero attached hydrogens (tertiary/aromatic N) is 3. The summed E-state index contributed by atoms with van der Waals surface area (Å²) in [4.78, 5) is 55.2. The number of aliphatic hydroxyl groups is 1. The second kappa shape index (κ2) is 10.5. The third kappa shape index (κ3) is 5.18. The lowest BCUT2D eigenvalue weighted by Gasteiger charge is -2.33. The second-order valence-corrected chi connectivity index (χ2v) is 11.0. The summed E-state index contributed by atoms with van der Waals surface area (Å²) in [5, 5.41) is 25.3. The summed E-state index contributed by atoms with van der Waals surface area (Å²) in [6, 6.07) is 7.63. The number of amides is 4. The number of aliphatic hydroxyl groups excluding tert-OH is 1. The molecule has 10 nitrogen and oxygen atoms in total. The molecule has 37 heavy (non-hydrogen) atoms. The number of benzene rings is 1. The van der Waals surface area contributed by atoms with Crippen LogP contribution in [0.2, 0.25) is 0 Å². The average molecular weight is 510 g/mol. The molecule has 4 amide bonds. The summed E-state index contributed by atoms with van der Waals surface area (Å²) in [6.07, 6.45) is 1.42. The van der Waals surface area contributed by atoms with Gasteiger partial charge in [0.25, 0.3) is 0 Å². The maximum atomic E-state index is 13.9. The fourth-order valence-corrected chi connectivity index (χ4v) is 5.85. The number of rotatable bonds is 7. The Labute approximate surface area is 217 Å². The van der Waals surface area contributed by atoms with Crippen molar-refractivity contribution in [2.24, 2.45) is 5.92 Å². The molecule has 4 rings (SSSR count). The molecule has 2 heterocycles. The van der Waals surface area contributed by atoms with Crippen molar-refractivity contribution >= 4 is 29.3 Å². The molecule has 3 N–H and O–H groups in total. The van der Waals surface area contributed by atoms with Crippen LogP contribution in [0.15, 0.2) is 24.3 Å². The maximum absolute atomic E-state index is 13.9. The number of fused-ring (bicyclic) bond motifs is 2. The van der Waals surface area contributed by atoms with Gasteiger partial charge in [-0.05, 0) is 43.2 Å². The molecular formula is C27H35N5O5. The van der Waals surface area contributed by atoms with Gasteiger partial charge in [0.15, 0.2) is 0 Å². The van der Waals surface area contributed by atoms with E-state index in [1.807, 2.05) is 32.0 Å². The van der Waals surface area contributed by atoms with E-state index in [0.29, 0.717) is 31.4 Å². The van der Waals surface area contributed by atoms with Crippen molar-refractivity contribution in [3.63, 3.8) is 0 Å². The van der Waals surface area contributed by atoms with Gasteiger partial charge in [-0.3, -0.25) is 19.2 Å². The van der Waals surface area contributed by atoms with Gasteiger partial charge in [-0.15, -0.1) is 0 Å². The van der Waals surface area contributed by atoms with Crippen molar-refractivity contribution in [1.82, 2.24) is 15.1 Å². The summed E-state index contributed by atoms with van der Waals surface area (Å²) < 4.78 is 0. The van der Waals surface area contributed by atoms with E-state index >= 15 is 0 Å². The van der Waals surface area contributed by atoms with Gasteiger partial charge in [0.1, 0.15) is 18.5 Å². The molecule has 0 bridgehead atoms. The quantitative estimate of drug-likeness (QED) is 0.473. The minimum Gasteiger partial charge on any atom is -0.393 e. The SMILES string of the molecule is CC(C)C[C@@H](C(=O)N1C[C@]2(C[C@H]1C#N)C(=O)Nc1ccccc12)N(C)C(=O)CC(=O)N[C@@H]1CC[C@@H](O)C1. The largest absolute Gasteiger partial charge is 0.393 e. The van der Waals surface area contributed by atoms with Gasteiger partial charge in [-0.1, -0.05) is 32.0 Å². The van der Waals surface area contributed by atoms with Crippen LogP contribution in [-0.2, 0) is 24.6 Å². The molecule has 2 fully saturated rings. The number of para-hydroxylation sites is 1. The van der Waals surface area contributed by atoms with Crippen LogP contribution in [0.1, 0.15) is 57.9 Å². The van der Waals surface area contributed by atoms with Gasteiger partial charge >= 0.3 is 0 Å². The van der Waals surface area contributed by atoms with E-state index in [-0.39, 0.29) is 30.8 Å². The van der Waals surface area contributed by atoms with Crippen LogP contribution in [-0.4, -0.2) is 76.4 Å². The lowest BCUT2D eigenvalue weighted by molar-refractivity contribution is -0.147. The minimum absolute atomic E-state index is 0.0496. The van der Waals surface area contributed by atoms with E-state index in [1.165, 1.54) is 16.8 Å². The highest BCUT2D eigenvalue weighted by Crippen LogP contribution is 2.46. The number of hydrogen-bond acceptors (Lipinski definition) is 6. The normalized spacial score (nSPS) is 27.1. The third-order valence-electron chi connectivity index (χ3n) is 7.84. The molecule has 0 radical (unpaired) electrons. The lowest BCUT2D eigenvalue weighted by Crippen LogP contribution is -2.52. The van der Waals surface area contributed by atoms with Crippen LogP contribution in [0.4, 0.5) is 5.69 Å². The highest BCUT2D eigenvalue weighted by molar-refractivity contribution is 6.07. The molecule has 0 unspecified atom stereocenters. The van der Waals surface area contributed by atoms with E-state index in [4.69, 9.17) is 0 Å². The summed E-state index contributed by atoms with van der Waals surface area (Å²) in [5.41, 5.74) is 0.447. The smallest absolute Gasteiger partial charge is 0.246 e. The molecule has 3 aliphatic rings. The van der Waals surface area contributed by atoms with E-state index in [1.54, 1.807) is 6.07 Å². The minimum atomic E-state index is -1.01. The molecule has 1 aromatic carbocycles. The van der Waals surface area contributed by atoms with Crippen molar-refractivity contribution in [2.45, 2.75) is 82.0 Å². The van der Waals surface area contributed by atoms with Crippen LogP contribution in [0.5, 0.6) is 0 Å². The Bertz CT molecular complexity index is 1130. The zero-order valence-corrected chi connectivity index (χ0v) is 21.6. The molecule has 10 heteroatoms. The Morgan fingerprint density at radius 3 is 2.68 bits per heavy atom. The number of likely N-dealkylation sites (N-methyl/N-ethyl adjacent to an activating group) is 1. The molecule has 1 aromatic rings. The van der Waals surface area contributed by atoms with Gasteiger partial charge in [-0.2, -0.15) is 5.26 Å². The van der Waals surface area contributed by atoms with Crippen LogP contribution in [0.3, 0.4) is 0 Å². The zero-order valence-electron chi connectivity index (χ0n) is 21.6. The van der Waals surface area contributed by atoms with Gasteiger partial charge < -0.3 is 25.5 Å². The Balaban J connectivity index is 1.51. The molecule has 198 valence electrons. The summed E-state index contributed by atoms with van der Waals surface area (Å²) >= 11 is 0. The molecule has 2 aliphatic heterocycles. The Morgan fingerprint density at radius 2 is 2.03 bits per heavy atom. The summed E-state index contributed by atoms with van der Waals surface area (Å²) in [7, 11) is 1.50. The number of nitrogens with one attached hydrogen (secondary N) is 2. The van der Waals surface area contributed by atoms with Gasteiger partial charge in [-0.25, -0.2) is 0 Å². The molecule has 1 aliphatic carbocycles.